The maximum Gasteiger partial charge on any atom is 0.404 e. The van der Waals surface area contributed by atoms with Crippen molar-refractivity contribution in [3.63, 3.8) is 0 Å². The molecule has 0 unspecified atom stereocenters. The molecule has 2 amide bonds. The molecule has 0 aromatic carbocycles. The van der Waals surface area contributed by atoms with Gasteiger partial charge in [-0.1, -0.05) is 58.3 Å². The van der Waals surface area contributed by atoms with Gasteiger partial charge < -0.3 is 20.8 Å². The van der Waals surface area contributed by atoms with Gasteiger partial charge in [0.05, 0.1) is 0 Å². The minimum absolute atomic E-state index is 0. The average molecular weight is 691 g/mol. The van der Waals surface area contributed by atoms with Crippen molar-refractivity contribution < 1.29 is 85.2 Å². The Labute approximate surface area is 274 Å². The van der Waals surface area contributed by atoms with Crippen molar-refractivity contribution in [3.8, 4) is 0 Å². The third kappa shape index (κ3) is 16.3. The van der Waals surface area contributed by atoms with Crippen LogP contribution in [-0.4, -0.2) is 49.2 Å². The van der Waals surface area contributed by atoms with E-state index in [2.05, 4.69) is 17.6 Å². The zero-order chi connectivity index (χ0) is 26.8. The van der Waals surface area contributed by atoms with Gasteiger partial charge in [0.1, 0.15) is 0 Å². The number of carbonyl (C=O) groups is 2. The number of nitrogens with one attached hydrogen (secondary N) is 2. The molecule has 0 saturated carbocycles. The Kier molecular flexibility index (Phi) is 24.8. The van der Waals surface area contributed by atoms with Crippen molar-refractivity contribution in [2.24, 2.45) is 0 Å². The fourth-order valence-corrected chi connectivity index (χ4v) is 4.02. The summed E-state index contributed by atoms with van der Waals surface area (Å²) >= 11 is 0. The zero-order valence-electron chi connectivity index (χ0n) is 22.7. The number of hydrogen-bond acceptors (Lipinski definition) is 5. The zero-order valence-corrected chi connectivity index (χ0v) is 28.3. The third-order valence-electron chi connectivity index (χ3n) is 6.04. The van der Waals surface area contributed by atoms with E-state index < -0.39 is 29.3 Å². The number of amides is 2. The Morgan fingerprint density at radius 2 is 0.842 bits per heavy atom. The summed E-state index contributed by atoms with van der Waals surface area (Å²) in [6, 6.07) is 0. The minimum atomic E-state index is -1.06. The van der Waals surface area contributed by atoms with Crippen molar-refractivity contribution in [1.82, 2.24) is 24.3 Å². The van der Waals surface area contributed by atoms with E-state index in [0.717, 1.165) is 60.5 Å². The fourth-order valence-electron chi connectivity index (χ4n) is 4.02. The van der Waals surface area contributed by atoms with Crippen LogP contribution in [0.4, 0.5) is 9.59 Å². The van der Waals surface area contributed by atoms with E-state index in [0.29, 0.717) is 45.2 Å². The van der Waals surface area contributed by atoms with Gasteiger partial charge in [-0.2, -0.15) is 0 Å². The van der Waals surface area contributed by atoms with Crippen LogP contribution >= 0.6 is 0 Å². The molecule has 1 heterocycles. The summed E-state index contributed by atoms with van der Waals surface area (Å²) in [6.07, 6.45) is 8.19. The molecule has 0 spiro atoms. The van der Waals surface area contributed by atoms with Gasteiger partial charge in [-0.25, -0.2) is 37.7 Å². The molecule has 38 heavy (non-hydrogen) atoms. The van der Waals surface area contributed by atoms with E-state index in [-0.39, 0.29) is 85.1 Å². The summed E-state index contributed by atoms with van der Waals surface area (Å²) in [5.41, 5.74) is -1.72. The van der Waals surface area contributed by atoms with Crippen molar-refractivity contribution >= 4 is 12.2 Å². The van der Waals surface area contributed by atoms with E-state index in [1.54, 1.807) is 0 Å². The average Bonchev–Trinajstić information content (AvgIpc) is 2.82. The molecule has 0 aliphatic rings. The van der Waals surface area contributed by atoms with Crippen LogP contribution in [0.2, 0.25) is 0 Å². The van der Waals surface area contributed by atoms with E-state index in [4.69, 9.17) is 10.2 Å². The summed E-state index contributed by atoms with van der Waals surface area (Å²) in [7, 11) is 0. The van der Waals surface area contributed by atoms with E-state index in [1.807, 2.05) is 0 Å². The van der Waals surface area contributed by atoms with Gasteiger partial charge in [0.25, 0.3) is 0 Å². The summed E-state index contributed by atoms with van der Waals surface area (Å²) in [4.78, 5) is 60.0. The number of carboxylic acid groups (broad SMARTS) is 2. The second kappa shape index (κ2) is 24.0. The summed E-state index contributed by atoms with van der Waals surface area (Å²) in [5.74, 6) is 0. The van der Waals surface area contributed by atoms with Gasteiger partial charge in [0.15, 0.2) is 0 Å². The quantitative estimate of drug-likeness (QED) is 0.153. The molecule has 0 aliphatic carbocycles. The van der Waals surface area contributed by atoms with Crippen molar-refractivity contribution in [2.75, 3.05) is 13.1 Å². The predicted molar refractivity (Wildman–Crippen MR) is 137 cm³/mol. The van der Waals surface area contributed by atoms with Gasteiger partial charge in [-0.15, -0.1) is 0 Å². The second-order valence-corrected chi connectivity index (χ2v) is 9.01. The molecule has 12 nitrogen and oxygen atoms in total. The monoisotopic (exact) mass is 691 g/mol. The summed E-state index contributed by atoms with van der Waals surface area (Å²) in [6.45, 7) is 3.53. The SMILES string of the molecule is CCCCCCCn1c(=O)n(CCCCCCNC(=O)O)c(=O)n(CCCCCCNC(=O)O)c1=O.[Y].[Y]. The van der Waals surface area contributed by atoms with Crippen LogP contribution in [-0.2, 0) is 85.1 Å². The van der Waals surface area contributed by atoms with Crippen LogP contribution in [0.3, 0.4) is 0 Å². The molecule has 0 atom stereocenters. The number of rotatable bonds is 20. The molecule has 2 radical (unpaired) electrons. The fraction of sp³-hybridized carbons (Fsp3) is 0.792. The molecule has 14 heteroatoms. The Hall–Kier alpha value is -0.842. The van der Waals surface area contributed by atoms with Crippen LogP contribution in [0.5, 0.6) is 0 Å². The van der Waals surface area contributed by atoms with Gasteiger partial charge in [-0.3, -0.25) is 0 Å². The van der Waals surface area contributed by atoms with Gasteiger partial charge in [0, 0.05) is 98.1 Å². The van der Waals surface area contributed by atoms with Crippen molar-refractivity contribution in [1.29, 1.82) is 0 Å². The standard InChI is InChI=1S/C24H43N5O7.2Y/c1-2-3-4-7-12-17-27-22(34)28(18-13-8-5-10-15-25-20(30)31)24(36)29(23(27)35)19-14-9-6-11-16-26-21(32)33;;/h25-26H,2-19H2,1H3,(H,30,31)(H,32,33);;. The van der Waals surface area contributed by atoms with Crippen LogP contribution in [0.15, 0.2) is 14.4 Å². The smallest absolute Gasteiger partial charge is 0.404 e. The molecule has 0 fully saturated rings. The predicted octanol–water partition coefficient (Wildman–Crippen LogP) is 2.79. The molecule has 0 saturated heterocycles. The summed E-state index contributed by atoms with van der Waals surface area (Å²) in [5, 5.41) is 21.8. The Balaban J connectivity index is 0. The number of nitrogens with zero attached hydrogens (tertiary/aromatic N) is 3. The Morgan fingerprint density at radius 1 is 0.553 bits per heavy atom. The molecule has 1 aromatic heterocycles. The number of unbranched alkanes of at least 4 members (excludes halogenated alkanes) is 10. The van der Waals surface area contributed by atoms with Gasteiger partial charge >= 0.3 is 29.3 Å². The normalized spacial score (nSPS) is 10.3. The first-order chi connectivity index (χ1) is 17.3. The molecule has 1 rings (SSSR count). The Bertz CT molecular complexity index is 912. The van der Waals surface area contributed by atoms with E-state index in [1.165, 1.54) is 4.57 Å². The molecule has 212 valence electrons. The summed E-state index contributed by atoms with van der Waals surface area (Å²) < 4.78 is 3.49. The molecular formula is C24H43N5O7Y2. The molecule has 0 bridgehead atoms. The third-order valence-corrected chi connectivity index (χ3v) is 6.04. The Morgan fingerprint density at radius 3 is 1.13 bits per heavy atom. The van der Waals surface area contributed by atoms with Gasteiger partial charge in [0.2, 0.25) is 0 Å². The molecule has 4 N–H and O–H groups in total. The number of aromatic nitrogens is 3. The van der Waals surface area contributed by atoms with Crippen LogP contribution in [0.25, 0.3) is 0 Å². The largest absolute Gasteiger partial charge is 0.465 e. The maximum absolute atomic E-state index is 13.0. The first-order valence-electron chi connectivity index (χ1n) is 13.2. The van der Waals surface area contributed by atoms with Crippen LogP contribution in [0, 0.1) is 0 Å². The molecule has 0 aliphatic heterocycles. The van der Waals surface area contributed by atoms with Crippen molar-refractivity contribution in [3.05, 3.63) is 31.5 Å². The first kappa shape index (κ1) is 39.3. The van der Waals surface area contributed by atoms with Crippen LogP contribution < -0.4 is 27.7 Å². The maximum atomic E-state index is 13.0. The number of hydrogen-bond donors (Lipinski definition) is 4. The first-order valence-corrected chi connectivity index (χ1v) is 13.2. The minimum Gasteiger partial charge on any atom is -0.465 e. The molecular weight excluding hydrogens is 648 g/mol. The van der Waals surface area contributed by atoms with E-state index >= 15 is 0 Å². The topological polar surface area (TPSA) is 165 Å². The van der Waals surface area contributed by atoms with Crippen LogP contribution in [0.1, 0.15) is 90.4 Å². The molecule has 1 aromatic rings. The van der Waals surface area contributed by atoms with Crippen molar-refractivity contribution in [2.45, 2.75) is 110 Å². The van der Waals surface area contributed by atoms with E-state index in [9.17, 15) is 24.0 Å². The van der Waals surface area contributed by atoms with Gasteiger partial charge in [-0.05, 0) is 32.1 Å². The second-order valence-electron chi connectivity index (χ2n) is 9.01.